The molecule has 3 rings (SSSR count). The highest BCUT2D eigenvalue weighted by Crippen LogP contribution is 2.42. The molecule has 2 unspecified atom stereocenters. The van der Waals surface area contributed by atoms with Crippen molar-refractivity contribution in [1.82, 2.24) is 0 Å². The molecular weight excluding hydrogens is 236 g/mol. The third-order valence-electron chi connectivity index (χ3n) is 4.44. The zero-order chi connectivity index (χ0) is 13.1. The van der Waals surface area contributed by atoms with Crippen LogP contribution in [0.5, 0.6) is 0 Å². The summed E-state index contributed by atoms with van der Waals surface area (Å²) in [7, 11) is 0. The second kappa shape index (κ2) is 5.64. The molecule has 2 fully saturated rings. The maximum atomic E-state index is 6.38. The average molecular weight is 260 g/mol. The Morgan fingerprint density at radius 1 is 1.00 bits per heavy atom. The smallest absolute Gasteiger partial charge is 0.169 e. The van der Waals surface area contributed by atoms with Crippen LogP contribution in [0.2, 0.25) is 0 Å². The van der Waals surface area contributed by atoms with E-state index in [1.165, 1.54) is 24.8 Å². The summed E-state index contributed by atoms with van der Waals surface area (Å²) in [6.45, 7) is 2.20. The van der Waals surface area contributed by atoms with Crippen molar-refractivity contribution in [3.05, 3.63) is 35.9 Å². The van der Waals surface area contributed by atoms with Gasteiger partial charge in [0.05, 0.1) is 12.2 Å². The molecule has 1 saturated heterocycles. The van der Waals surface area contributed by atoms with Crippen molar-refractivity contribution in [1.29, 1.82) is 0 Å². The van der Waals surface area contributed by atoms with Crippen LogP contribution in [0, 0.1) is 0 Å². The van der Waals surface area contributed by atoms with Gasteiger partial charge in [-0.05, 0) is 24.8 Å². The molecule has 0 amide bonds. The lowest BCUT2D eigenvalue weighted by Crippen LogP contribution is -2.33. The SMILES string of the molecule is CCC1OC2(CCCCC2)OC1Cc1ccccc1. The Morgan fingerprint density at radius 2 is 1.68 bits per heavy atom. The zero-order valence-corrected chi connectivity index (χ0v) is 11.8. The molecule has 1 aliphatic carbocycles. The Kier molecular flexibility index (Phi) is 3.90. The van der Waals surface area contributed by atoms with E-state index in [2.05, 4.69) is 37.3 Å². The molecule has 1 aromatic carbocycles. The van der Waals surface area contributed by atoms with Crippen LogP contribution >= 0.6 is 0 Å². The predicted molar refractivity (Wildman–Crippen MR) is 76.0 cm³/mol. The summed E-state index contributed by atoms with van der Waals surface area (Å²) < 4.78 is 12.7. The van der Waals surface area contributed by atoms with Crippen LogP contribution in [0.1, 0.15) is 51.0 Å². The maximum absolute atomic E-state index is 6.38. The quantitative estimate of drug-likeness (QED) is 0.815. The van der Waals surface area contributed by atoms with E-state index < -0.39 is 0 Å². The van der Waals surface area contributed by atoms with Gasteiger partial charge in [0.15, 0.2) is 5.79 Å². The first kappa shape index (κ1) is 13.1. The second-order valence-electron chi connectivity index (χ2n) is 5.88. The molecule has 19 heavy (non-hydrogen) atoms. The second-order valence-corrected chi connectivity index (χ2v) is 5.88. The fourth-order valence-electron chi connectivity index (χ4n) is 3.42. The molecule has 0 radical (unpaired) electrons. The number of benzene rings is 1. The average Bonchev–Trinajstić information content (AvgIpc) is 2.78. The summed E-state index contributed by atoms with van der Waals surface area (Å²) in [5, 5.41) is 0. The Labute approximate surface area is 116 Å². The van der Waals surface area contributed by atoms with Crippen LogP contribution in [0.3, 0.4) is 0 Å². The first-order valence-electron chi connectivity index (χ1n) is 7.71. The van der Waals surface area contributed by atoms with Crippen molar-refractivity contribution in [3.8, 4) is 0 Å². The van der Waals surface area contributed by atoms with Crippen molar-refractivity contribution in [3.63, 3.8) is 0 Å². The van der Waals surface area contributed by atoms with Crippen molar-refractivity contribution in [2.24, 2.45) is 0 Å². The van der Waals surface area contributed by atoms with Gasteiger partial charge in [-0.3, -0.25) is 0 Å². The van der Waals surface area contributed by atoms with E-state index in [-0.39, 0.29) is 18.0 Å². The van der Waals surface area contributed by atoms with E-state index in [1.807, 2.05) is 0 Å². The lowest BCUT2D eigenvalue weighted by atomic mass is 9.94. The zero-order valence-electron chi connectivity index (χ0n) is 11.8. The van der Waals surface area contributed by atoms with Gasteiger partial charge in [0.2, 0.25) is 0 Å². The summed E-state index contributed by atoms with van der Waals surface area (Å²) in [5.74, 6) is -0.252. The summed E-state index contributed by atoms with van der Waals surface area (Å²) >= 11 is 0. The molecule has 2 heteroatoms. The number of rotatable bonds is 3. The first-order chi connectivity index (χ1) is 9.31. The molecule has 1 heterocycles. The van der Waals surface area contributed by atoms with E-state index in [9.17, 15) is 0 Å². The minimum absolute atomic E-state index is 0.227. The van der Waals surface area contributed by atoms with Gasteiger partial charge >= 0.3 is 0 Å². The molecule has 104 valence electrons. The van der Waals surface area contributed by atoms with Crippen LogP contribution in [0.4, 0.5) is 0 Å². The molecule has 0 aromatic heterocycles. The van der Waals surface area contributed by atoms with Gasteiger partial charge in [-0.15, -0.1) is 0 Å². The molecule has 2 aliphatic rings. The van der Waals surface area contributed by atoms with E-state index in [0.717, 1.165) is 25.7 Å². The van der Waals surface area contributed by atoms with Crippen LogP contribution in [-0.2, 0) is 15.9 Å². The topological polar surface area (TPSA) is 18.5 Å². The summed E-state index contributed by atoms with van der Waals surface area (Å²) in [6.07, 6.45) is 8.48. The highest BCUT2D eigenvalue weighted by atomic mass is 16.8. The van der Waals surface area contributed by atoms with Gasteiger partial charge in [0.1, 0.15) is 0 Å². The standard InChI is InChI=1S/C17H24O2/c1-2-15-16(13-14-9-5-3-6-10-14)19-17(18-15)11-7-4-8-12-17/h3,5-6,9-10,15-16H,2,4,7-8,11-13H2,1H3. The summed E-state index contributed by atoms with van der Waals surface area (Å²) in [5.41, 5.74) is 1.35. The van der Waals surface area contributed by atoms with Crippen molar-refractivity contribution < 1.29 is 9.47 Å². The highest BCUT2D eigenvalue weighted by molar-refractivity contribution is 5.16. The van der Waals surface area contributed by atoms with Crippen LogP contribution < -0.4 is 0 Å². The number of hydrogen-bond donors (Lipinski definition) is 0. The molecule has 1 aliphatic heterocycles. The Morgan fingerprint density at radius 3 is 2.37 bits per heavy atom. The highest BCUT2D eigenvalue weighted by Gasteiger charge is 2.46. The molecule has 1 spiro atoms. The Balaban J connectivity index is 1.70. The molecule has 1 aromatic rings. The van der Waals surface area contributed by atoms with Crippen LogP contribution in [-0.4, -0.2) is 18.0 Å². The molecule has 2 nitrogen and oxygen atoms in total. The maximum Gasteiger partial charge on any atom is 0.169 e. The van der Waals surface area contributed by atoms with Crippen molar-refractivity contribution in [2.75, 3.05) is 0 Å². The first-order valence-corrected chi connectivity index (χ1v) is 7.71. The van der Waals surface area contributed by atoms with Crippen molar-refractivity contribution in [2.45, 2.75) is 69.9 Å². The Hall–Kier alpha value is -0.860. The molecule has 2 atom stereocenters. The van der Waals surface area contributed by atoms with E-state index in [1.54, 1.807) is 0 Å². The largest absolute Gasteiger partial charge is 0.344 e. The van der Waals surface area contributed by atoms with Crippen LogP contribution in [0.25, 0.3) is 0 Å². The van der Waals surface area contributed by atoms with Gasteiger partial charge in [-0.25, -0.2) is 0 Å². The predicted octanol–water partition coefficient (Wildman–Crippen LogP) is 4.08. The lowest BCUT2D eigenvalue weighted by Gasteiger charge is -2.32. The summed E-state index contributed by atoms with van der Waals surface area (Å²) in [4.78, 5) is 0. The number of ether oxygens (including phenoxy) is 2. The normalized spacial score (nSPS) is 29.7. The van der Waals surface area contributed by atoms with Gasteiger partial charge in [0.25, 0.3) is 0 Å². The van der Waals surface area contributed by atoms with E-state index in [4.69, 9.17) is 9.47 Å². The third kappa shape index (κ3) is 2.85. The van der Waals surface area contributed by atoms with Crippen LogP contribution in [0.15, 0.2) is 30.3 Å². The Bertz CT molecular complexity index is 395. The van der Waals surface area contributed by atoms with Gasteiger partial charge < -0.3 is 9.47 Å². The molecular formula is C17H24O2. The van der Waals surface area contributed by atoms with Gasteiger partial charge in [-0.2, -0.15) is 0 Å². The third-order valence-corrected chi connectivity index (χ3v) is 4.44. The fourth-order valence-corrected chi connectivity index (χ4v) is 3.42. The minimum Gasteiger partial charge on any atom is -0.344 e. The lowest BCUT2D eigenvalue weighted by molar-refractivity contribution is -0.194. The van der Waals surface area contributed by atoms with Gasteiger partial charge in [0, 0.05) is 19.3 Å². The van der Waals surface area contributed by atoms with Crippen molar-refractivity contribution >= 4 is 0 Å². The van der Waals surface area contributed by atoms with E-state index >= 15 is 0 Å². The van der Waals surface area contributed by atoms with E-state index in [0.29, 0.717) is 0 Å². The molecule has 0 bridgehead atoms. The summed E-state index contributed by atoms with van der Waals surface area (Å²) in [6, 6.07) is 10.6. The number of hydrogen-bond acceptors (Lipinski definition) is 2. The fraction of sp³-hybridized carbons (Fsp3) is 0.647. The minimum atomic E-state index is -0.252. The molecule has 0 N–H and O–H groups in total. The molecule has 1 saturated carbocycles. The van der Waals surface area contributed by atoms with Gasteiger partial charge in [-0.1, -0.05) is 43.7 Å². The monoisotopic (exact) mass is 260 g/mol.